The predicted octanol–water partition coefficient (Wildman–Crippen LogP) is 4.93. The van der Waals surface area contributed by atoms with Crippen LogP contribution in [0.2, 0.25) is 0 Å². The van der Waals surface area contributed by atoms with Gasteiger partial charge in [0.2, 0.25) is 0 Å². The van der Waals surface area contributed by atoms with Crippen LogP contribution in [0.5, 0.6) is 11.5 Å². The molecule has 0 spiro atoms. The van der Waals surface area contributed by atoms with Crippen LogP contribution in [0, 0.1) is 0 Å². The van der Waals surface area contributed by atoms with Crippen molar-refractivity contribution in [1.82, 2.24) is 15.1 Å². The van der Waals surface area contributed by atoms with E-state index in [1.807, 2.05) is 24.3 Å². The summed E-state index contributed by atoms with van der Waals surface area (Å²) in [4.78, 5) is 2.53. The fraction of sp³-hybridized carbons (Fsp3) is 0.346. The summed E-state index contributed by atoms with van der Waals surface area (Å²) < 4.78 is 11.2. The smallest absolute Gasteiger partial charge is 0.161 e. The number of likely N-dealkylation sites (tertiary alicyclic amines) is 1. The number of ether oxygens (including phenoxy) is 2. The number of nitrogens with zero attached hydrogens (tertiary/aromatic N) is 2. The highest BCUT2D eigenvalue weighted by atomic mass is 16.5. The largest absolute Gasteiger partial charge is 0.493 e. The van der Waals surface area contributed by atoms with Crippen LogP contribution in [0.3, 0.4) is 0 Å². The zero-order valence-corrected chi connectivity index (χ0v) is 18.4. The predicted molar refractivity (Wildman–Crippen MR) is 125 cm³/mol. The number of aromatic amines is 1. The lowest BCUT2D eigenvalue weighted by atomic mass is 10.0. The van der Waals surface area contributed by atoms with Crippen LogP contribution < -0.4 is 9.47 Å². The Kier molecular flexibility index (Phi) is 7.05. The maximum atomic E-state index is 5.89. The minimum atomic E-state index is 0.490. The van der Waals surface area contributed by atoms with Gasteiger partial charge in [0.25, 0.3) is 0 Å². The molecule has 1 saturated heterocycles. The van der Waals surface area contributed by atoms with E-state index in [0.717, 1.165) is 49.7 Å². The van der Waals surface area contributed by atoms with Gasteiger partial charge in [-0.2, -0.15) is 5.10 Å². The Morgan fingerprint density at radius 2 is 1.90 bits per heavy atom. The van der Waals surface area contributed by atoms with Gasteiger partial charge in [-0.3, -0.25) is 10.00 Å². The minimum absolute atomic E-state index is 0.490. The first kappa shape index (κ1) is 21.2. The first-order valence-electron chi connectivity index (χ1n) is 11.0. The second-order valence-corrected chi connectivity index (χ2v) is 8.19. The Morgan fingerprint density at radius 1 is 1.13 bits per heavy atom. The molecule has 1 N–H and O–H groups in total. The molecule has 162 valence electrons. The lowest BCUT2D eigenvalue weighted by Gasteiger charge is -2.16. The highest BCUT2D eigenvalue weighted by Gasteiger charge is 2.25. The van der Waals surface area contributed by atoms with Crippen molar-refractivity contribution in [2.24, 2.45) is 0 Å². The average molecular weight is 418 g/mol. The van der Waals surface area contributed by atoms with Crippen LogP contribution in [-0.2, 0) is 6.42 Å². The SMILES string of the molecule is COc1ccccc1OCCc1cc([C@@H]2CCN(C/C(C)=C/c3ccccc3)C2)n[nH]1. The molecule has 0 saturated carbocycles. The number of rotatable bonds is 9. The molecule has 1 aliphatic rings. The van der Waals surface area contributed by atoms with Gasteiger partial charge in [0.15, 0.2) is 11.5 Å². The Labute approximate surface area is 184 Å². The summed E-state index contributed by atoms with van der Waals surface area (Å²) >= 11 is 0. The Balaban J connectivity index is 1.26. The Hall–Kier alpha value is -3.05. The maximum Gasteiger partial charge on any atom is 0.161 e. The number of para-hydroxylation sites is 2. The van der Waals surface area contributed by atoms with E-state index in [-0.39, 0.29) is 0 Å². The highest BCUT2D eigenvalue weighted by Crippen LogP contribution is 2.28. The molecule has 0 bridgehead atoms. The fourth-order valence-corrected chi connectivity index (χ4v) is 4.18. The van der Waals surface area contributed by atoms with Crippen molar-refractivity contribution in [1.29, 1.82) is 0 Å². The fourth-order valence-electron chi connectivity index (χ4n) is 4.18. The lowest BCUT2D eigenvalue weighted by Crippen LogP contribution is -2.22. The van der Waals surface area contributed by atoms with Gasteiger partial charge in [0.1, 0.15) is 0 Å². The first-order chi connectivity index (χ1) is 15.2. The second-order valence-electron chi connectivity index (χ2n) is 8.19. The summed E-state index contributed by atoms with van der Waals surface area (Å²) in [6.45, 7) is 5.98. The summed E-state index contributed by atoms with van der Waals surface area (Å²) in [5, 5.41) is 7.79. The van der Waals surface area contributed by atoms with E-state index in [4.69, 9.17) is 9.47 Å². The number of hydrogen-bond donors (Lipinski definition) is 1. The molecule has 5 heteroatoms. The third-order valence-electron chi connectivity index (χ3n) is 5.73. The van der Waals surface area contributed by atoms with Gasteiger partial charge in [-0.1, -0.05) is 54.1 Å². The molecule has 5 nitrogen and oxygen atoms in total. The van der Waals surface area contributed by atoms with Crippen LogP contribution in [0.25, 0.3) is 6.08 Å². The van der Waals surface area contributed by atoms with E-state index in [0.29, 0.717) is 12.5 Å². The summed E-state index contributed by atoms with van der Waals surface area (Å²) in [7, 11) is 1.66. The molecule has 0 radical (unpaired) electrons. The molecule has 0 aliphatic carbocycles. The van der Waals surface area contributed by atoms with E-state index in [2.05, 4.69) is 64.5 Å². The summed E-state index contributed by atoms with van der Waals surface area (Å²) in [5.74, 6) is 2.02. The number of methoxy groups -OCH3 is 1. The van der Waals surface area contributed by atoms with Gasteiger partial charge in [0.05, 0.1) is 19.4 Å². The molecule has 0 unspecified atom stereocenters. The molecule has 2 aromatic carbocycles. The Morgan fingerprint density at radius 3 is 2.71 bits per heavy atom. The van der Waals surface area contributed by atoms with Crippen molar-refractivity contribution in [2.75, 3.05) is 33.4 Å². The normalized spacial score (nSPS) is 17.1. The van der Waals surface area contributed by atoms with Crippen LogP contribution in [0.15, 0.2) is 66.2 Å². The monoisotopic (exact) mass is 417 g/mol. The van der Waals surface area contributed by atoms with Gasteiger partial charge in [0, 0.05) is 31.1 Å². The van der Waals surface area contributed by atoms with Gasteiger partial charge in [-0.05, 0) is 43.7 Å². The van der Waals surface area contributed by atoms with Crippen molar-refractivity contribution in [3.63, 3.8) is 0 Å². The van der Waals surface area contributed by atoms with E-state index in [9.17, 15) is 0 Å². The second kappa shape index (κ2) is 10.3. The zero-order chi connectivity index (χ0) is 21.5. The van der Waals surface area contributed by atoms with Crippen molar-refractivity contribution < 1.29 is 9.47 Å². The van der Waals surface area contributed by atoms with Crippen molar-refractivity contribution >= 4 is 6.08 Å². The van der Waals surface area contributed by atoms with Gasteiger partial charge in [-0.25, -0.2) is 0 Å². The van der Waals surface area contributed by atoms with Crippen molar-refractivity contribution in [3.8, 4) is 11.5 Å². The summed E-state index contributed by atoms with van der Waals surface area (Å²) in [5.41, 5.74) is 4.94. The lowest BCUT2D eigenvalue weighted by molar-refractivity contribution is 0.296. The molecule has 3 aromatic rings. The molecule has 2 heterocycles. The van der Waals surface area contributed by atoms with Gasteiger partial charge < -0.3 is 9.47 Å². The molecule has 4 rings (SSSR count). The molecule has 1 atom stereocenters. The summed E-state index contributed by atoms with van der Waals surface area (Å²) in [6.07, 6.45) is 4.22. The molecular formula is C26H31N3O2. The first-order valence-corrected chi connectivity index (χ1v) is 11.0. The van der Waals surface area contributed by atoms with Crippen LogP contribution in [-0.4, -0.2) is 48.4 Å². The molecule has 0 amide bonds. The van der Waals surface area contributed by atoms with Crippen molar-refractivity contribution in [3.05, 3.63) is 83.2 Å². The van der Waals surface area contributed by atoms with E-state index in [1.165, 1.54) is 16.8 Å². The van der Waals surface area contributed by atoms with Crippen LogP contribution >= 0.6 is 0 Å². The van der Waals surface area contributed by atoms with E-state index in [1.54, 1.807) is 7.11 Å². The number of aromatic nitrogens is 2. The number of benzene rings is 2. The molecule has 31 heavy (non-hydrogen) atoms. The average Bonchev–Trinajstić information content (AvgIpc) is 3.44. The van der Waals surface area contributed by atoms with Crippen molar-refractivity contribution in [2.45, 2.75) is 25.7 Å². The standard InChI is InChI=1S/C26H31N3O2/c1-20(16-21-8-4-3-5-9-21)18-29-14-12-22(19-29)24-17-23(27-28-24)13-15-31-26-11-7-6-10-25(26)30-2/h3-11,16-17,22H,12-15,18-19H2,1-2H3,(H,27,28)/b20-16+/t22-/m1/s1. The third kappa shape index (κ3) is 5.76. The zero-order valence-electron chi connectivity index (χ0n) is 18.4. The quantitative estimate of drug-likeness (QED) is 0.536. The maximum absolute atomic E-state index is 5.89. The molecular weight excluding hydrogens is 386 g/mol. The number of H-pyrrole nitrogens is 1. The molecule has 1 fully saturated rings. The van der Waals surface area contributed by atoms with E-state index >= 15 is 0 Å². The highest BCUT2D eigenvalue weighted by molar-refractivity contribution is 5.52. The minimum Gasteiger partial charge on any atom is -0.493 e. The number of hydrogen-bond acceptors (Lipinski definition) is 4. The van der Waals surface area contributed by atoms with Crippen LogP contribution in [0.4, 0.5) is 0 Å². The van der Waals surface area contributed by atoms with Gasteiger partial charge >= 0.3 is 0 Å². The van der Waals surface area contributed by atoms with E-state index < -0.39 is 0 Å². The van der Waals surface area contributed by atoms with Gasteiger partial charge in [-0.15, -0.1) is 0 Å². The molecule has 1 aromatic heterocycles. The molecule has 1 aliphatic heterocycles. The Bertz CT molecular complexity index is 997. The topological polar surface area (TPSA) is 50.4 Å². The van der Waals surface area contributed by atoms with Crippen LogP contribution in [0.1, 0.15) is 36.2 Å². The third-order valence-corrected chi connectivity index (χ3v) is 5.73. The summed E-state index contributed by atoms with van der Waals surface area (Å²) in [6, 6.07) is 20.5. The number of nitrogens with one attached hydrogen (secondary N) is 1.